The Labute approximate surface area is 172 Å². The first-order valence-corrected chi connectivity index (χ1v) is 10.2. The van der Waals surface area contributed by atoms with Gasteiger partial charge in [-0.05, 0) is 24.6 Å². The van der Waals surface area contributed by atoms with Crippen molar-refractivity contribution in [2.24, 2.45) is 0 Å². The molecule has 0 saturated carbocycles. The van der Waals surface area contributed by atoms with Gasteiger partial charge in [0.05, 0.1) is 11.2 Å². The van der Waals surface area contributed by atoms with E-state index in [0.29, 0.717) is 11.4 Å². The van der Waals surface area contributed by atoms with Crippen LogP contribution in [0, 0.1) is 0 Å². The molecule has 0 radical (unpaired) electrons. The number of hydrogen-bond acceptors (Lipinski definition) is 6. The molecule has 7 nitrogen and oxygen atoms in total. The Morgan fingerprint density at radius 3 is 2.67 bits per heavy atom. The zero-order chi connectivity index (χ0) is 20.6. The van der Waals surface area contributed by atoms with E-state index >= 15 is 0 Å². The Morgan fingerprint density at radius 2 is 1.87 bits per heavy atom. The van der Waals surface area contributed by atoms with Crippen LogP contribution < -0.4 is 20.7 Å². The number of pyridine rings is 1. The maximum absolute atomic E-state index is 12.2. The molecule has 1 fully saturated rings. The van der Waals surface area contributed by atoms with Crippen LogP contribution in [0.25, 0.3) is 22.2 Å². The van der Waals surface area contributed by atoms with Crippen molar-refractivity contribution < 1.29 is 0 Å². The monoisotopic (exact) mass is 399 g/mol. The minimum Gasteiger partial charge on any atom is -0.373 e. The van der Waals surface area contributed by atoms with Crippen LogP contribution in [0.5, 0.6) is 0 Å². The second-order valence-corrected chi connectivity index (χ2v) is 8.69. The normalized spacial score (nSPS) is 16.9. The first-order valence-electron chi connectivity index (χ1n) is 10.2. The fourth-order valence-electron chi connectivity index (χ4n) is 5.05. The first-order chi connectivity index (χ1) is 14.5. The number of benzene rings is 1. The molecule has 150 valence electrons. The van der Waals surface area contributed by atoms with Gasteiger partial charge in [0.1, 0.15) is 11.4 Å². The Balaban J connectivity index is 1.31. The van der Waals surface area contributed by atoms with Crippen molar-refractivity contribution in [2.45, 2.75) is 18.4 Å². The number of rotatable bonds is 3. The summed E-state index contributed by atoms with van der Waals surface area (Å²) in [5.74, 6) is 0. The molecular weight excluding hydrogens is 378 g/mol. The molecule has 0 atom stereocenters. The average molecular weight is 399 g/mol. The quantitative estimate of drug-likeness (QED) is 0.490. The first kappa shape index (κ1) is 17.4. The molecule has 2 aromatic carbocycles. The summed E-state index contributed by atoms with van der Waals surface area (Å²) in [5.41, 5.74) is 4.51. The largest absolute Gasteiger partial charge is 0.373 e. The number of nitrogens with zero attached hydrogens (tertiary/aromatic N) is 5. The third-order valence-corrected chi connectivity index (χ3v) is 6.62. The molecule has 1 saturated heterocycles. The van der Waals surface area contributed by atoms with Crippen molar-refractivity contribution in [1.82, 2.24) is 14.8 Å². The van der Waals surface area contributed by atoms with Gasteiger partial charge in [-0.3, -0.25) is 19.3 Å². The lowest BCUT2D eigenvalue weighted by atomic mass is 9.75. The predicted octanol–water partition coefficient (Wildman–Crippen LogP) is 1.92. The average Bonchev–Trinajstić information content (AvgIpc) is 3.29. The second-order valence-electron chi connectivity index (χ2n) is 8.69. The van der Waals surface area contributed by atoms with Gasteiger partial charge >= 0.3 is 0 Å². The van der Waals surface area contributed by atoms with Gasteiger partial charge in [0.15, 0.2) is 0 Å². The highest BCUT2D eigenvalue weighted by Crippen LogP contribution is 2.46. The minimum atomic E-state index is -0.376. The van der Waals surface area contributed by atoms with Crippen LogP contribution in [0.1, 0.15) is 12.1 Å². The highest BCUT2D eigenvalue weighted by molar-refractivity contribution is 5.83. The van der Waals surface area contributed by atoms with Gasteiger partial charge in [-0.15, -0.1) is 0 Å². The third-order valence-electron chi connectivity index (χ3n) is 6.62. The summed E-state index contributed by atoms with van der Waals surface area (Å²) in [6.45, 7) is 2.37. The second kappa shape index (κ2) is 5.78. The zero-order valence-electron chi connectivity index (χ0n) is 16.9. The molecule has 1 spiro atoms. The van der Waals surface area contributed by atoms with E-state index in [2.05, 4.69) is 32.8 Å². The standard InChI is InChI=1S/C23H21N5O2/c1-26(2)19-20(22(30)21(19)29)27-12-23(13-27)7-8-28-18(23)10-17(25-28)15-9-14-5-3-4-6-16(14)24-11-15/h3-6,9-11H,7-8,12-13H2,1-2H3. The molecular formula is C23H21N5O2. The molecule has 2 aliphatic rings. The molecule has 4 heterocycles. The lowest BCUT2D eigenvalue weighted by molar-refractivity contribution is 0.328. The summed E-state index contributed by atoms with van der Waals surface area (Å²) in [7, 11) is 3.62. The van der Waals surface area contributed by atoms with Gasteiger partial charge in [0, 0.05) is 62.0 Å². The molecule has 7 heteroatoms. The minimum absolute atomic E-state index is 0.00112. The third kappa shape index (κ3) is 2.20. The lowest BCUT2D eigenvalue weighted by Crippen LogP contribution is -2.62. The Kier molecular flexibility index (Phi) is 3.35. The smallest absolute Gasteiger partial charge is 0.253 e. The number of aryl methyl sites for hydroxylation is 1. The van der Waals surface area contributed by atoms with E-state index in [9.17, 15) is 9.59 Å². The summed E-state index contributed by atoms with van der Waals surface area (Å²) < 4.78 is 2.09. The van der Waals surface area contributed by atoms with Crippen molar-refractivity contribution in [3.8, 4) is 11.3 Å². The van der Waals surface area contributed by atoms with E-state index in [1.54, 1.807) is 4.90 Å². The molecule has 0 aliphatic carbocycles. The lowest BCUT2D eigenvalue weighted by Gasteiger charge is -2.49. The van der Waals surface area contributed by atoms with Gasteiger partial charge in [-0.2, -0.15) is 5.10 Å². The number of anilines is 2. The van der Waals surface area contributed by atoms with Gasteiger partial charge in [-0.1, -0.05) is 18.2 Å². The molecule has 4 aromatic rings. The summed E-state index contributed by atoms with van der Waals surface area (Å²) in [6.07, 6.45) is 2.89. The number of hydrogen-bond donors (Lipinski definition) is 0. The van der Waals surface area contributed by atoms with Crippen molar-refractivity contribution in [1.29, 1.82) is 0 Å². The fraction of sp³-hybridized carbons (Fsp3) is 0.304. The summed E-state index contributed by atoms with van der Waals surface area (Å²) in [4.78, 5) is 32.4. The van der Waals surface area contributed by atoms with Crippen molar-refractivity contribution in [2.75, 3.05) is 37.0 Å². The molecule has 6 rings (SSSR count). The summed E-state index contributed by atoms with van der Waals surface area (Å²) in [5, 5.41) is 5.94. The van der Waals surface area contributed by atoms with Gasteiger partial charge < -0.3 is 9.80 Å². The summed E-state index contributed by atoms with van der Waals surface area (Å²) >= 11 is 0. The van der Waals surface area contributed by atoms with Crippen molar-refractivity contribution in [3.05, 3.63) is 68.7 Å². The molecule has 0 unspecified atom stereocenters. The number of para-hydroxylation sites is 1. The Morgan fingerprint density at radius 1 is 1.07 bits per heavy atom. The van der Waals surface area contributed by atoms with Crippen LogP contribution in [0.3, 0.4) is 0 Å². The van der Waals surface area contributed by atoms with Crippen molar-refractivity contribution in [3.63, 3.8) is 0 Å². The van der Waals surface area contributed by atoms with E-state index in [1.807, 2.05) is 38.5 Å². The molecule has 2 aromatic heterocycles. The molecule has 30 heavy (non-hydrogen) atoms. The van der Waals surface area contributed by atoms with E-state index in [0.717, 1.165) is 48.2 Å². The number of aromatic nitrogens is 3. The van der Waals surface area contributed by atoms with E-state index in [-0.39, 0.29) is 16.3 Å². The molecule has 2 aliphatic heterocycles. The van der Waals surface area contributed by atoms with E-state index < -0.39 is 0 Å². The Bertz CT molecular complexity index is 1390. The van der Waals surface area contributed by atoms with Gasteiger partial charge in [-0.25, -0.2) is 0 Å². The maximum Gasteiger partial charge on any atom is 0.253 e. The van der Waals surface area contributed by atoms with E-state index in [1.165, 1.54) is 5.69 Å². The number of fused-ring (bicyclic) bond motifs is 3. The predicted molar refractivity (Wildman–Crippen MR) is 117 cm³/mol. The topological polar surface area (TPSA) is 71.3 Å². The zero-order valence-corrected chi connectivity index (χ0v) is 16.9. The van der Waals surface area contributed by atoms with Crippen LogP contribution in [0.15, 0.2) is 52.2 Å². The van der Waals surface area contributed by atoms with Crippen LogP contribution in [0.4, 0.5) is 11.4 Å². The molecule has 0 N–H and O–H groups in total. The van der Waals surface area contributed by atoms with E-state index in [4.69, 9.17) is 5.10 Å². The highest BCUT2D eigenvalue weighted by Gasteiger charge is 2.51. The molecule has 0 amide bonds. The van der Waals surface area contributed by atoms with Crippen LogP contribution >= 0.6 is 0 Å². The van der Waals surface area contributed by atoms with Crippen LogP contribution in [-0.2, 0) is 12.0 Å². The highest BCUT2D eigenvalue weighted by atomic mass is 16.2. The van der Waals surface area contributed by atoms with Crippen LogP contribution in [0.2, 0.25) is 0 Å². The van der Waals surface area contributed by atoms with Gasteiger partial charge in [0.25, 0.3) is 10.9 Å². The van der Waals surface area contributed by atoms with Gasteiger partial charge in [0.2, 0.25) is 0 Å². The Hall–Kier alpha value is -3.48. The van der Waals surface area contributed by atoms with Crippen molar-refractivity contribution >= 4 is 22.3 Å². The molecule has 0 bridgehead atoms. The SMILES string of the molecule is CN(C)c1c(N2CC3(CCn4nc(-c5cnc6ccccc6c5)cc43)C2)c(=O)c1=O. The van der Waals surface area contributed by atoms with Crippen LogP contribution in [-0.4, -0.2) is 41.9 Å². The summed E-state index contributed by atoms with van der Waals surface area (Å²) in [6, 6.07) is 12.4. The fourth-order valence-corrected chi connectivity index (χ4v) is 5.05. The maximum atomic E-state index is 12.2.